The zero-order valence-corrected chi connectivity index (χ0v) is 23.1. The highest BCUT2D eigenvalue weighted by molar-refractivity contribution is 7.93. The van der Waals surface area contributed by atoms with Crippen molar-refractivity contribution in [3.8, 4) is 11.8 Å². The lowest BCUT2D eigenvalue weighted by atomic mass is 10.2. The van der Waals surface area contributed by atoms with E-state index in [4.69, 9.17) is 11.6 Å². The number of rotatable bonds is 7. The van der Waals surface area contributed by atoms with Crippen molar-refractivity contribution in [2.24, 2.45) is 0 Å². The third-order valence-electron chi connectivity index (χ3n) is 5.64. The molecule has 0 atom stereocenters. The lowest BCUT2D eigenvalue weighted by molar-refractivity contribution is 0.592. The number of benzene rings is 4. The number of nitrogens with zero attached hydrogens (tertiary/aromatic N) is 1. The van der Waals surface area contributed by atoms with Gasteiger partial charge in [-0.2, -0.15) is 0 Å². The Labute approximate surface area is 229 Å². The number of hydrogen-bond acceptors (Lipinski definition) is 4. The quantitative estimate of drug-likeness (QED) is 0.279. The maximum Gasteiger partial charge on any atom is 0.265 e. The van der Waals surface area contributed by atoms with E-state index in [0.29, 0.717) is 10.6 Å². The van der Waals surface area contributed by atoms with Gasteiger partial charge in [-0.15, -0.1) is 0 Å². The number of aryl methyl sites for hydroxylation is 2. The van der Waals surface area contributed by atoms with Crippen LogP contribution >= 0.6 is 11.6 Å². The second-order valence-electron chi connectivity index (χ2n) is 8.57. The Balaban J connectivity index is 1.78. The average molecular weight is 565 g/mol. The molecular weight excluding hydrogens is 540 g/mol. The van der Waals surface area contributed by atoms with Crippen molar-refractivity contribution in [2.75, 3.05) is 15.6 Å². The van der Waals surface area contributed by atoms with Gasteiger partial charge in [0, 0.05) is 10.6 Å². The molecule has 0 aliphatic rings. The fourth-order valence-corrected chi connectivity index (χ4v) is 6.27. The Hall–Kier alpha value is -3.77. The molecule has 0 aliphatic carbocycles. The van der Waals surface area contributed by atoms with Crippen LogP contribution in [0.3, 0.4) is 0 Å². The van der Waals surface area contributed by atoms with Crippen LogP contribution in [0.1, 0.15) is 16.7 Å². The first-order valence-corrected chi connectivity index (χ1v) is 14.9. The summed E-state index contributed by atoms with van der Waals surface area (Å²) in [5, 5.41) is 0.511. The van der Waals surface area contributed by atoms with Crippen LogP contribution in [0, 0.1) is 25.7 Å². The summed E-state index contributed by atoms with van der Waals surface area (Å²) in [7, 11) is -8.10. The lowest BCUT2D eigenvalue weighted by Crippen LogP contribution is -2.32. The third kappa shape index (κ3) is 6.37. The summed E-state index contributed by atoms with van der Waals surface area (Å²) in [6.07, 6.45) is 0. The molecule has 9 heteroatoms. The predicted molar refractivity (Wildman–Crippen MR) is 152 cm³/mol. The average Bonchev–Trinajstić information content (AvgIpc) is 2.87. The summed E-state index contributed by atoms with van der Waals surface area (Å²) in [6.45, 7) is 3.49. The van der Waals surface area contributed by atoms with Crippen LogP contribution in [0.4, 0.5) is 11.4 Å². The summed E-state index contributed by atoms with van der Waals surface area (Å²) >= 11 is 6.05. The molecule has 1 N–H and O–H groups in total. The van der Waals surface area contributed by atoms with Gasteiger partial charge in [0.25, 0.3) is 20.0 Å². The molecule has 0 amide bonds. The van der Waals surface area contributed by atoms with Gasteiger partial charge < -0.3 is 0 Å². The molecule has 4 aromatic carbocycles. The standard InChI is InChI=1S/C29H25ClN2O4S2/c1-22-12-16-26(17-13-22)37(33,34)31-28-10-3-4-11-29(28)32(20-6-8-24-7-5-9-25(30)21-24)38(35,36)27-18-14-23(2)15-19-27/h3-5,7,9-19,21,31H,20H2,1-2H3. The maximum atomic E-state index is 13.8. The Kier molecular flexibility index (Phi) is 8.12. The van der Waals surface area contributed by atoms with Crippen LogP contribution in [0.25, 0.3) is 0 Å². The SMILES string of the molecule is Cc1ccc(S(=O)(=O)Nc2ccccc2N(CC#Cc2cccc(Cl)c2)S(=O)(=O)c2ccc(C)cc2)cc1. The van der Waals surface area contributed by atoms with Gasteiger partial charge in [-0.05, 0) is 68.4 Å². The normalized spacial score (nSPS) is 11.3. The molecule has 0 saturated carbocycles. The first-order chi connectivity index (χ1) is 18.1. The topological polar surface area (TPSA) is 83.6 Å². The van der Waals surface area contributed by atoms with Crippen molar-refractivity contribution in [2.45, 2.75) is 23.6 Å². The van der Waals surface area contributed by atoms with Crippen molar-refractivity contribution in [3.05, 3.63) is 119 Å². The Morgan fingerprint density at radius 2 is 1.37 bits per heavy atom. The first-order valence-electron chi connectivity index (χ1n) is 11.6. The fraction of sp³-hybridized carbons (Fsp3) is 0.103. The van der Waals surface area contributed by atoms with Crippen molar-refractivity contribution < 1.29 is 16.8 Å². The van der Waals surface area contributed by atoms with E-state index >= 15 is 0 Å². The minimum Gasteiger partial charge on any atom is -0.277 e. The highest BCUT2D eigenvalue weighted by Gasteiger charge is 2.27. The number of halogens is 1. The molecule has 0 saturated heterocycles. The van der Waals surface area contributed by atoms with Crippen molar-refractivity contribution >= 4 is 43.0 Å². The van der Waals surface area contributed by atoms with Gasteiger partial charge in [-0.25, -0.2) is 16.8 Å². The molecule has 0 aromatic heterocycles. The minimum atomic E-state index is -4.11. The van der Waals surface area contributed by atoms with Crippen LogP contribution in [0.5, 0.6) is 0 Å². The second kappa shape index (κ2) is 11.3. The zero-order valence-electron chi connectivity index (χ0n) is 20.7. The maximum absolute atomic E-state index is 13.8. The van der Waals surface area contributed by atoms with Gasteiger partial charge in [-0.3, -0.25) is 9.03 Å². The van der Waals surface area contributed by atoms with E-state index in [1.165, 1.54) is 30.3 Å². The van der Waals surface area contributed by atoms with E-state index in [1.54, 1.807) is 66.7 Å². The van der Waals surface area contributed by atoms with Gasteiger partial charge >= 0.3 is 0 Å². The predicted octanol–water partition coefficient (Wildman–Crippen LogP) is 6.00. The lowest BCUT2D eigenvalue weighted by Gasteiger charge is -2.25. The second-order valence-corrected chi connectivity index (χ2v) is 12.6. The molecule has 0 aliphatic heterocycles. The minimum absolute atomic E-state index is 0.0591. The molecule has 4 aromatic rings. The van der Waals surface area contributed by atoms with Crippen molar-refractivity contribution in [3.63, 3.8) is 0 Å². The highest BCUT2D eigenvalue weighted by atomic mass is 35.5. The molecular formula is C29H25ClN2O4S2. The van der Waals surface area contributed by atoms with Crippen LogP contribution in [0.2, 0.25) is 5.02 Å². The molecule has 0 radical (unpaired) electrons. The molecule has 0 bridgehead atoms. The third-order valence-corrected chi connectivity index (χ3v) is 9.03. The van der Waals surface area contributed by atoms with E-state index in [1.807, 2.05) is 13.8 Å². The monoisotopic (exact) mass is 564 g/mol. The summed E-state index contributed by atoms with van der Waals surface area (Å²) < 4.78 is 57.6. The molecule has 0 unspecified atom stereocenters. The molecule has 0 fully saturated rings. The van der Waals surface area contributed by atoms with Gasteiger partial charge in [-0.1, -0.05) is 77.0 Å². The van der Waals surface area contributed by atoms with Gasteiger partial charge in [0.1, 0.15) is 0 Å². The number of sulfonamides is 2. The molecule has 0 spiro atoms. The van der Waals surface area contributed by atoms with Crippen LogP contribution in [0.15, 0.2) is 107 Å². The smallest absolute Gasteiger partial charge is 0.265 e. The number of para-hydroxylation sites is 2. The van der Waals surface area contributed by atoms with Crippen molar-refractivity contribution in [1.82, 2.24) is 0 Å². The van der Waals surface area contributed by atoms with Crippen LogP contribution < -0.4 is 9.03 Å². The van der Waals surface area contributed by atoms with E-state index in [2.05, 4.69) is 16.6 Å². The van der Waals surface area contributed by atoms with E-state index < -0.39 is 20.0 Å². The van der Waals surface area contributed by atoms with E-state index in [0.717, 1.165) is 15.4 Å². The number of nitrogens with one attached hydrogen (secondary N) is 1. The Bertz CT molecular complexity index is 1720. The Morgan fingerprint density at radius 3 is 2.00 bits per heavy atom. The van der Waals surface area contributed by atoms with E-state index in [-0.39, 0.29) is 27.7 Å². The largest absolute Gasteiger partial charge is 0.277 e. The molecule has 4 rings (SSSR count). The van der Waals surface area contributed by atoms with Crippen LogP contribution in [-0.4, -0.2) is 23.4 Å². The molecule has 38 heavy (non-hydrogen) atoms. The number of anilines is 2. The molecule has 6 nitrogen and oxygen atoms in total. The summed E-state index contributed by atoms with van der Waals surface area (Å²) in [5.41, 5.74) is 2.69. The first kappa shape index (κ1) is 27.3. The summed E-state index contributed by atoms with van der Waals surface area (Å²) in [5.74, 6) is 5.84. The summed E-state index contributed by atoms with van der Waals surface area (Å²) in [6, 6.07) is 26.1. The van der Waals surface area contributed by atoms with Crippen LogP contribution in [-0.2, 0) is 20.0 Å². The Morgan fingerprint density at radius 1 is 0.763 bits per heavy atom. The van der Waals surface area contributed by atoms with Gasteiger partial charge in [0.2, 0.25) is 0 Å². The zero-order chi connectivity index (χ0) is 27.3. The number of hydrogen-bond donors (Lipinski definition) is 1. The fourth-order valence-electron chi connectivity index (χ4n) is 3.62. The van der Waals surface area contributed by atoms with Gasteiger partial charge in [0.15, 0.2) is 0 Å². The highest BCUT2D eigenvalue weighted by Crippen LogP contribution is 2.32. The molecule has 0 heterocycles. The van der Waals surface area contributed by atoms with Gasteiger partial charge in [0.05, 0.1) is 27.7 Å². The van der Waals surface area contributed by atoms with E-state index in [9.17, 15) is 16.8 Å². The van der Waals surface area contributed by atoms with Crippen molar-refractivity contribution in [1.29, 1.82) is 0 Å². The molecule has 194 valence electrons. The summed E-state index contributed by atoms with van der Waals surface area (Å²) in [4.78, 5) is 0.121.